The molecule has 0 aliphatic heterocycles. The van der Waals surface area contributed by atoms with Crippen LogP contribution in [0, 0.1) is 25.2 Å². The highest BCUT2D eigenvalue weighted by Gasteiger charge is 2.12. The van der Waals surface area contributed by atoms with E-state index in [4.69, 9.17) is 0 Å². The molecule has 0 amide bonds. The van der Waals surface area contributed by atoms with Crippen molar-refractivity contribution in [1.29, 1.82) is 5.26 Å². The van der Waals surface area contributed by atoms with Gasteiger partial charge in [-0.15, -0.1) is 0 Å². The molecule has 2 N–H and O–H groups in total. The minimum atomic E-state index is -0.407. The molecular weight excluding hydrogens is 262 g/mol. The molecule has 0 fully saturated rings. The second-order valence-electron chi connectivity index (χ2n) is 5.46. The summed E-state index contributed by atoms with van der Waals surface area (Å²) < 4.78 is 0. The van der Waals surface area contributed by atoms with E-state index in [0.29, 0.717) is 12.1 Å². The van der Waals surface area contributed by atoms with Gasteiger partial charge in [0.05, 0.1) is 22.9 Å². The SMILES string of the molecule is CCCC(O)CNc1c(C#N)cnc2c(C)cc(C)cc12. The number of pyridine rings is 1. The van der Waals surface area contributed by atoms with Gasteiger partial charge in [0, 0.05) is 18.1 Å². The summed E-state index contributed by atoms with van der Waals surface area (Å²) in [6.45, 7) is 6.53. The third-order valence-corrected chi connectivity index (χ3v) is 3.56. The summed E-state index contributed by atoms with van der Waals surface area (Å²) in [7, 11) is 0. The molecule has 4 nitrogen and oxygen atoms in total. The van der Waals surface area contributed by atoms with Gasteiger partial charge in [0.15, 0.2) is 0 Å². The van der Waals surface area contributed by atoms with E-state index >= 15 is 0 Å². The lowest BCUT2D eigenvalue weighted by atomic mass is 10.0. The number of hydrogen-bond acceptors (Lipinski definition) is 4. The molecule has 2 aromatic rings. The number of benzene rings is 1. The van der Waals surface area contributed by atoms with Crippen molar-refractivity contribution in [2.45, 2.75) is 39.7 Å². The van der Waals surface area contributed by atoms with E-state index in [1.165, 1.54) is 0 Å². The summed E-state index contributed by atoms with van der Waals surface area (Å²) in [6.07, 6.45) is 2.87. The summed E-state index contributed by atoms with van der Waals surface area (Å²) in [5, 5.41) is 23.4. The minimum Gasteiger partial charge on any atom is -0.391 e. The number of fused-ring (bicyclic) bond motifs is 1. The van der Waals surface area contributed by atoms with Crippen LogP contribution in [0.4, 0.5) is 5.69 Å². The number of rotatable bonds is 5. The molecule has 0 bridgehead atoms. The predicted octanol–water partition coefficient (Wildman–Crippen LogP) is 3.30. The average Bonchev–Trinajstić information content (AvgIpc) is 2.44. The summed E-state index contributed by atoms with van der Waals surface area (Å²) >= 11 is 0. The van der Waals surface area contributed by atoms with Gasteiger partial charge in [-0.05, 0) is 31.9 Å². The second kappa shape index (κ2) is 6.55. The van der Waals surface area contributed by atoms with Gasteiger partial charge in [-0.25, -0.2) is 0 Å². The summed E-state index contributed by atoms with van der Waals surface area (Å²) in [4.78, 5) is 4.39. The monoisotopic (exact) mass is 283 g/mol. The number of nitrogens with one attached hydrogen (secondary N) is 1. The van der Waals surface area contributed by atoms with Crippen molar-refractivity contribution in [2.75, 3.05) is 11.9 Å². The largest absolute Gasteiger partial charge is 0.391 e. The number of nitrogens with zero attached hydrogens (tertiary/aromatic N) is 2. The molecule has 1 aromatic heterocycles. The Hall–Kier alpha value is -2.12. The lowest BCUT2D eigenvalue weighted by molar-refractivity contribution is 0.176. The molecule has 21 heavy (non-hydrogen) atoms. The molecular formula is C17H21N3O. The Morgan fingerprint density at radius 3 is 2.81 bits per heavy atom. The molecule has 1 heterocycles. The first-order valence-corrected chi connectivity index (χ1v) is 7.28. The number of aryl methyl sites for hydroxylation is 2. The van der Waals surface area contributed by atoms with E-state index < -0.39 is 6.10 Å². The highest BCUT2D eigenvalue weighted by atomic mass is 16.3. The fraction of sp³-hybridized carbons (Fsp3) is 0.412. The number of aromatic nitrogens is 1. The highest BCUT2D eigenvalue weighted by Crippen LogP contribution is 2.28. The Bertz CT molecular complexity index is 688. The van der Waals surface area contributed by atoms with Crippen molar-refractivity contribution in [3.8, 4) is 6.07 Å². The van der Waals surface area contributed by atoms with Gasteiger partial charge in [0.25, 0.3) is 0 Å². The highest BCUT2D eigenvalue weighted by molar-refractivity contribution is 5.96. The fourth-order valence-electron chi connectivity index (χ4n) is 2.59. The minimum absolute atomic E-state index is 0.407. The van der Waals surface area contributed by atoms with E-state index in [-0.39, 0.29) is 0 Å². The van der Waals surface area contributed by atoms with Crippen molar-refractivity contribution >= 4 is 16.6 Å². The number of aliphatic hydroxyl groups excluding tert-OH is 1. The van der Waals surface area contributed by atoms with Gasteiger partial charge in [-0.1, -0.05) is 25.0 Å². The van der Waals surface area contributed by atoms with Crippen LogP contribution >= 0.6 is 0 Å². The number of aliphatic hydroxyl groups is 1. The number of hydrogen-bond donors (Lipinski definition) is 2. The molecule has 0 aliphatic carbocycles. The van der Waals surface area contributed by atoms with Crippen LogP contribution in [-0.4, -0.2) is 22.7 Å². The van der Waals surface area contributed by atoms with Crippen molar-refractivity contribution in [2.24, 2.45) is 0 Å². The molecule has 0 radical (unpaired) electrons. The molecule has 1 aromatic carbocycles. The summed E-state index contributed by atoms with van der Waals surface area (Å²) in [5.74, 6) is 0. The summed E-state index contributed by atoms with van der Waals surface area (Å²) in [6, 6.07) is 6.29. The first kappa shape index (κ1) is 15.3. The Morgan fingerprint density at radius 1 is 1.38 bits per heavy atom. The molecule has 0 saturated heterocycles. The maximum absolute atomic E-state index is 9.89. The topological polar surface area (TPSA) is 68.9 Å². The van der Waals surface area contributed by atoms with Crippen LogP contribution in [0.1, 0.15) is 36.5 Å². The van der Waals surface area contributed by atoms with Crippen LogP contribution in [0.2, 0.25) is 0 Å². The normalized spacial score (nSPS) is 12.1. The van der Waals surface area contributed by atoms with Gasteiger partial charge < -0.3 is 10.4 Å². The fourth-order valence-corrected chi connectivity index (χ4v) is 2.59. The standard InChI is InChI=1S/C17H21N3O/c1-4-5-14(21)10-20-17-13(8-18)9-19-16-12(3)6-11(2)7-15(16)17/h6-7,9,14,21H,4-5,10H2,1-3H3,(H,19,20). The van der Waals surface area contributed by atoms with Gasteiger partial charge in [0.1, 0.15) is 6.07 Å². The number of anilines is 1. The van der Waals surface area contributed by atoms with E-state index in [1.54, 1.807) is 6.20 Å². The maximum Gasteiger partial charge on any atom is 0.103 e. The van der Waals surface area contributed by atoms with Crippen LogP contribution < -0.4 is 5.32 Å². The lowest BCUT2D eigenvalue weighted by Gasteiger charge is -2.15. The molecule has 0 saturated carbocycles. The smallest absolute Gasteiger partial charge is 0.103 e. The van der Waals surface area contributed by atoms with Crippen molar-refractivity contribution in [3.05, 3.63) is 35.0 Å². The molecule has 0 spiro atoms. The van der Waals surface area contributed by atoms with Crippen molar-refractivity contribution in [3.63, 3.8) is 0 Å². The van der Waals surface area contributed by atoms with Gasteiger partial charge >= 0.3 is 0 Å². The van der Waals surface area contributed by atoms with Gasteiger partial charge in [-0.2, -0.15) is 5.26 Å². The third-order valence-electron chi connectivity index (χ3n) is 3.56. The lowest BCUT2D eigenvalue weighted by Crippen LogP contribution is -2.19. The first-order chi connectivity index (χ1) is 10.1. The molecule has 4 heteroatoms. The van der Waals surface area contributed by atoms with E-state index in [1.807, 2.05) is 26.8 Å². The van der Waals surface area contributed by atoms with Gasteiger partial charge in [-0.3, -0.25) is 4.98 Å². The van der Waals surface area contributed by atoms with Crippen LogP contribution in [0.3, 0.4) is 0 Å². The van der Waals surface area contributed by atoms with E-state index in [9.17, 15) is 10.4 Å². The Balaban J connectivity index is 2.46. The molecule has 0 aliphatic rings. The molecule has 2 rings (SSSR count). The quantitative estimate of drug-likeness (QED) is 0.883. The predicted molar refractivity (Wildman–Crippen MR) is 85.3 cm³/mol. The Labute approximate surface area is 125 Å². The van der Waals surface area contributed by atoms with Crippen LogP contribution in [0.25, 0.3) is 10.9 Å². The van der Waals surface area contributed by atoms with Crippen LogP contribution in [0.5, 0.6) is 0 Å². The van der Waals surface area contributed by atoms with Gasteiger partial charge in [0.2, 0.25) is 0 Å². The molecule has 1 atom stereocenters. The first-order valence-electron chi connectivity index (χ1n) is 7.28. The van der Waals surface area contributed by atoms with E-state index in [0.717, 1.165) is 40.6 Å². The van der Waals surface area contributed by atoms with Crippen LogP contribution in [-0.2, 0) is 0 Å². The maximum atomic E-state index is 9.89. The second-order valence-corrected chi connectivity index (χ2v) is 5.46. The Morgan fingerprint density at radius 2 is 2.14 bits per heavy atom. The summed E-state index contributed by atoms with van der Waals surface area (Å²) in [5.41, 5.74) is 4.40. The zero-order chi connectivity index (χ0) is 15.4. The van der Waals surface area contributed by atoms with Crippen LogP contribution in [0.15, 0.2) is 18.3 Å². The number of nitriles is 1. The zero-order valence-corrected chi connectivity index (χ0v) is 12.8. The third kappa shape index (κ3) is 3.32. The average molecular weight is 283 g/mol. The zero-order valence-electron chi connectivity index (χ0n) is 12.8. The molecule has 110 valence electrons. The Kier molecular flexibility index (Phi) is 4.77. The van der Waals surface area contributed by atoms with Crippen molar-refractivity contribution in [1.82, 2.24) is 4.98 Å². The van der Waals surface area contributed by atoms with Crippen molar-refractivity contribution < 1.29 is 5.11 Å². The van der Waals surface area contributed by atoms with E-state index in [2.05, 4.69) is 22.4 Å². The molecule has 1 unspecified atom stereocenters.